The highest BCUT2D eigenvalue weighted by Crippen LogP contribution is 2.38. The summed E-state index contributed by atoms with van der Waals surface area (Å²) in [6, 6.07) is 0. The van der Waals surface area contributed by atoms with Gasteiger partial charge in [0.15, 0.2) is 11.2 Å². The van der Waals surface area contributed by atoms with Crippen molar-refractivity contribution in [3.63, 3.8) is 0 Å². The maximum Gasteiger partial charge on any atom is 0.278 e. The molecule has 1 aliphatic carbocycles. The van der Waals surface area contributed by atoms with Crippen LogP contribution in [-0.2, 0) is 0 Å². The monoisotopic (exact) mass is 233 g/mol. The molecule has 0 saturated heterocycles. The lowest BCUT2D eigenvalue weighted by Gasteiger charge is -2.10. The Morgan fingerprint density at radius 1 is 1.29 bits per heavy atom. The van der Waals surface area contributed by atoms with Gasteiger partial charge < -0.3 is 10.7 Å². The molecule has 1 aliphatic rings. The molecule has 2 atom stereocenters. The van der Waals surface area contributed by atoms with Gasteiger partial charge in [0.1, 0.15) is 5.82 Å². The molecule has 2 aromatic heterocycles. The van der Waals surface area contributed by atoms with Gasteiger partial charge in [-0.15, -0.1) is 0 Å². The summed E-state index contributed by atoms with van der Waals surface area (Å²) in [5.41, 5.74) is 6.08. The number of imidazole rings is 1. The van der Waals surface area contributed by atoms with E-state index in [0.29, 0.717) is 23.0 Å². The third-order valence-corrected chi connectivity index (χ3v) is 3.61. The van der Waals surface area contributed by atoms with E-state index in [1.807, 2.05) is 0 Å². The summed E-state index contributed by atoms with van der Waals surface area (Å²) in [4.78, 5) is 25.7. The number of hydrogen-bond acceptors (Lipinski definition) is 4. The van der Waals surface area contributed by atoms with Crippen LogP contribution in [0, 0.1) is 5.92 Å². The Kier molecular flexibility index (Phi) is 2.17. The standard InChI is InChI=1S/C11H15N5O/c1-5-3-2-4-6(5)8-13-7-9(14-8)15-11(12)16-10(7)17/h5-6H,2-4H2,1H3,(H4,12,13,14,15,16,17). The van der Waals surface area contributed by atoms with E-state index in [1.54, 1.807) is 0 Å². The average Bonchev–Trinajstić information content (AvgIpc) is 2.83. The molecule has 0 radical (unpaired) electrons. The van der Waals surface area contributed by atoms with E-state index >= 15 is 0 Å². The van der Waals surface area contributed by atoms with Crippen LogP contribution in [0.4, 0.5) is 5.95 Å². The van der Waals surface area contributed by atoms with E-state index in [9.17, 15) is 4.79 Å². The van der Waals surface area contributed by atoms with Crippen LogP contribution >= 0.6 is 0 Å². The van der Waals surface area contributed by atoms with E-state index < -0.39 is 0 Å². The molecule has 6 heteroatoms. The fourth-order valence-electron chi connectivity index (χ4n) is 2.67. The van der Waals surface area contributed by atoms with Gasteiger partial charge in [-0.3, -0.25) is 9.78 Å². The maximum absolute atomic E-state index is 11.7. The van der Waals surface area contributed by atoms with Crippen molar-refractivity contribution in [2.75, 3.05) is 5.73 Å². The topological polar surface area (TPSA) is 100 Å². The lowest BCUT2D eigenvalue weighted by Crippen LogP contribution is -2.11. The molecule has 0 bridgehead atoms. The Labute approximate surface area is 97.7 Å². The number of nitrogens with one attached hydrogen (secondary N) is 2. The van der Waals surface area contributed by atoms with Crippen LogP contribution < -0.4 is 11.3 Å². The van der Waals surface area contributed by atoms with Gasteiger partial charge in [0.2, 0.25) is 5.95 Å². The molecular formula is C11H15N5O. The molecule has 0 amide bonds. The normalized spacial score (nSPS) is 24.5. The average molecular weight is 233 g/mol. The number of nitrogens with zero attached hydrogens (tertiary/aromatic N) is 2. The number of anilines is 1. The third-order valence-electron chi connectivity index (χ3n) is 3.61. The first-order valence-corrected chi connectivity index (χ1v) is 5.90. The molecule has 2 aromatic rings. The van der Waals surface area contributed by atoms with E-state index in [4.69, 9.17) is 5.73 Å². The molecule has 0 spiro atoms. The molecule has 6 nitrogen and oxygen atoms in total. The Balaban J connectivity index is 2.13. The molecule has 2 heterocycles. The molecule has 17 heavy (non-hydrogen) atoms. The van der Waals surface area contributed by atoms with Gasteiger partial charge in [0.25, 0.3) is 5.56 Å². The first-order valence-electron chi connectivity index (χ1n) is 5.90. The second-order valence-corrected chi connectivity index (χ2v) is 4.79. The second-order valence-electron chi connectivity index (χ2n) is 4.79. The minimum Gasteiger partial charge on any atom is -0.369 e. The minimum absolute atomic E-state index is 0.111. The summed E-state index contributed by atoms with van der Waals surface area (Å²) in [5.74, 6) is 1.99. The van der Waals surface area contributed by atoms with Crippen molar-refractivity contribution in [3.8, 4) is 0 Å². The largest absolute Gasteiger partial charge is 0.369 e. The zero-order valence-electron chi connectivity index (χ0n) is 9.66. The lowest BCUT2D eigenvalue weighted by atomic mass is 9.98. The number of aromatic amines is 2. The third kappa shape index (κ3) is 1.60. The number of fused-ring (bicyclic) bond motifs is 1. The first kappa shape index (κ1) is 10.3. The van der Waals surface area contributed by atoms with Gasteiger partial charge in [-0.2, -0.15) is 4.98 Å². The summed E-state index contributed by atoms with van der Waals surface area (Å²) in [6.07, 6.45) is 3.55. The summed E-state index contributed by atoms with van der Waals surface area (Å²) < 4.78 is 0. The molecule has 1 fully saturated rings. The van der Waals surface area contributed by atoms with Crippen molar-refractivity contribution in [1.82, 2.24) is 19.9 Å². The van der Waals surface area contributed by atoms with Crippen LogP contribution in [-0.4, -0.2) is 19.9 Å². The van der Waals surface area contributed by atoms with Crippen molar-refractivity contribution >= 4 is 17.1 Å². The SMILES string of the molecule is CC1CCCC1c1nc2nc(N)[nH]c(=O)c2[nH]1. The Morgan fingerprint density at radius 3 is 2.82 bits per heavy atom. The van der Waals surface area contributed by atoms with Gasteiger partial charge in [-0.05, 0) is 18.8 Å². The van der Waals surface area contributed by atoms with Gasteiger partial charge in [-0.1, -0.05) is 13.3 Å². The van der Waals surface area contributed by atoms with Crippen LogP contribution in [0.5, 0.6) is 0 Å². The van der Waals surface area contributed by atoms with Crippen molar-refractivity contribution in [1.29, 1.82) is 0 Å². The molecule has 0 aromatic carbocycles. The number of nitrogens with two attached hydrogens (primary N) is 1. The van der Waals surface area contributed by atoms with E-state index in [0.717, 1.165) is 12.2 Å². The molecule has 0 aliphatic heterocycles. The van der Waals surface area contributed by atoms with Gasteiger partial charge in [-0.25, -0.2) is 4.98 Å². The second kappa shape index (κ2) is 3.58. The van der Waals surface area contributed by atoms with E-state index in [1.165, 1.54) is 12.8 Å². The first-order chi connectivity index (χ1) is 8.15. The van der Waals surface area contributed by atoms with Crippen molar-refractivity contribution < 1.29 is 0 Å². The Hall–Kier alpha value is -1.85. The summed E-state index contributed by atoms with van der Waals surface area (Å²) in [5, 5.41) is 0. The van der Waals surface area contributed by atoms with Crippen molar-refractivity contribution in [2.45, 2.75) is 32.1 Å². The summed E-state index contributed by atoms with van der Waals surface area (Å²) in [6.45, 7) is 2.22. The van der Waals surface area contributed by atoms with Crippen LogP contribution in [0.1, 0.15) is 37.9 Å². The molecular weight excluding hydrogens is 218 g/mol. The van der Waals surface area contributed by atoms with Crippen molar-refractivity contribution in [2.24, 2.45) is 5.92 Å². The highest BCUT2D eigenvalue weighted by Gasteiger charge is 2.28. The number of aromatic nitrogens is 4. The maximum atomic E-state index is 11.7. The zero-order chi connectivity index (χ0) is 12.0. The lowest BCUT2D eigenvalue weighted by molar-refractivity contribution is 0.514. The quantitative estimate of drug-likeness (QED) is 0.687. The molecule has 2 unspecified atom stereocenters. The van der Waals surface area contributed by atoms with Gasteiger partial charge >= 0.3 is 0 Å². The number of rotatable bonds is 1. The Bertz CT molecular complexity index is 614. The number of hydrogen-bond donors (Lipinski definition) is 3. The van der Waals surface area contributed by atoms with Gasteiger partial charge in [0, 0.05) is 5.92 Å². The predicted octanol–water partition coefficient (Wildman–Crippen LogP) is 1.13. The summed E-state index contributed by atoms with van der Waals surface area (Å²) >= 11 is 0. The number of H-pyrrole nitrogens is 2. The highest BCUT2D eigenvalue weighted by molar-refractivity contribution is 5.70. The molecule has 4 N–H and O–H groups in total. The van der Waals surface area contributed by atoms with Crippen LogP contribution in [0.25, 0.3) is 11.2 Å². The summed E-state index contributed by atoms with van der Waals surface area (Å²) in [7, 11) is 0. The van der Waals surface area contributed by atoms with Crippen molar-refractivity contribution in [3.05, 3.63) is 16.2 Å². The van der Waals surface area contributed by atoms with Crippen LogP contribution in [0.15, 0.2) is 4.79 Å². The van der Waals surface area contributed by atoms with Crippen LogP contribution in [0.3, 0.4) is 0 Å². The highest BCUT2D eigenvalue weighted by atomic mass is 16.1. The predicted molar refractivity (Wildman–Crippen MR) is 64.7 cm³/mol. The molecule has 90 valence electrons. The molecule has 1 saturated carbocycles. The zero-order valence-corrected chi connectivity index (χ0v) is 9.66. The minimum atomic E-state index is -0.253. The smallest absolute Gasteiger partial charge is 0.278 e. The fraction of sp³-hybridized carbons (Fsp3) is 0.545. The number of nitrogen functional groups attached to an aromatic ring is 1. The Morgan fingerprint density at radius 2 is 2.12 bits per heavy atom. The molecule has 3 rings (SSSR count). The van der Waals surface area contributed by atoms with E-state index in [-0.39, 0.29) is 11.5 Å². The fourth-order valence-corrected chi connectivity index (χ4v) is 2.67. The van der Waals surface area contributed by atoms with Gasteiger partial charge in [0.05, 0.1) is 0 Å². The van der Waals surface area contributed by atoms with Crippen LogP contribution in [0.2, 0.25) is 0 Å². The van der Waals surface area contributed by atoms with E-state index in [2.05, 4.69) is 26.9 Å².